The predicted molar refractivity (Wildman–Crippen MR) is 77.0 cm³/mol. The Hall–Kier alpha value is -1.40. The second kappa shape index (κ2) is 7.25. The molecular formula is C12H19ClN4O2. The van der Waals surface area contributed by atoms with Gasteiger partial charge in [0.1, 0.15) is 11.0 Å². The van der Waals surface area contributed by atoms with Crippen LogP contribution in [0.2, 0.25) is 5.15 Å². The van der Waals surface area contributed by atoms with Crippen LogP contribution >= 0.6 is 11.6 Å². The van der Waals surface area contributed by atoms with Crippen LogP contribution in [0.5, 0.6) is 0 Å². The molecule has 0 saturated heterocycles. The van der Waals surface area contributed by atoms with Gasteiger partial charge in [0.05, 0.1) is 17.1 Å². The maximum atomic E-state index is 10.8. The number of anilines is 1. The van der Waals surface area contributed by atoms with Crippen LogP contribution in [0.4, 0.5) is 11.5 Å². The molecule has 0 radical (unpaired) electrons. The molecular weight excluding hydrogens is 268 g/mol. The maximum Gasteiger partial charge on any atom is 0.276 e. The first-order valence-electron chi connectivity index (χ1n) is 6.15. The lowest BCUT2D eigenvalue weighted by molar-refractivity contribution is -0.384. The van der Waals surface area contributed by atoms with Crippen LogP contribution in [0.15, 0.2) is 12.1 Å². The van der Waals surface area contributed by atoms with Crippen molar-refractivity contribution >= 4 is 23.1 Å². The molecule has 0 N–H and O–H groups in total. The van der Waals surface area contributed by atoms with E-state index in [4.69, 9.17) is 11.6 Å². The summed E-state index contributed by atoms with van der Waals surface area (Å²) >= 11 is 5.85. The van der Waals surface area contributed by atoms with E-state index in [-0.39, 0.29) is 10.8 Å². The SMILES string of the molecule is CCCN(CCN(C)C)c1cc([N+](=O)[O-])cc(Cl)n1. The first-order valence-corrected chi connectivity index (χ1v) is 6.53. The van der Waals surface area contributed by atoms with Gasteiger partial charge in [-0.15, -0.1) is 0 Å². The van der Waals surface area contributed by atoms with Crippen LogP contribution in [-0.2, 0) is 0 Å². The van der Waals surface area contributed by atoms with Crippen LogP contribution in [0.3, 0.4) is 0 Å². The van der Waals surface area contributed by atoms with Gasteiger partial charge in [0.15, 0.2) is 0 Å². The van der Waals surface area contributed by atoms with Crippen molar-refractivity contribution in [1.82, 2.24) is 9.88 Å². The molecule has 0 aliphatic rings. The van der Waals surface area contributed by atoms with Crippen LogP contribution in [0, 0.1) is 10.1 Å². The average molecular weight is 287 g/mol. The Morgan fingerprint density at radius 3 is 2.53 bits per heavy atom. The molecule has 0 aliphatic carbocycles. The quantitative estimate of drug-likeness (QED) is 0.438. The van der Waals surface area contributed by atoms with Crippen molar-refractivity contribution in [1.29, 1.82) is 0 Å². The summed E-state index contributed by atoms with van der Waals surface area (Å²) in [6, 6.07) is 2.73. The van der Waals surface area contributed by atoms with Crippen LogP contribution < -0.4 is 4.90 Å². The summed E-state index contributed by atoms with van der Waals surface area (Å²) in [4.78, 5) is 18.6. The van der Waals surface area contributed by atoms with E-state index >= 15 is 0 Å². The highest BCUT2D eigenvalue weighted by atomic mass is 35.5. The minimum atomic E-state index is -0.451. The molecule has 7 heteroatoms. The zero-order valence-electron chi connectivity index (χ0n) is 11.5. The number of hydrogen-bond acceptors (Lipinski definition) is 5. The molecule has 106 valence electrons. The molecule has 1 heterocycles. The van der Waals surface area contributed by atoms with Gasteiger partial charge in [0, 0.05) is 19.6 Å². The summed E-state index contributed by atoms with van der Waals surface area (Å²) < 4.78 is 0. The first kappa shape index (κ1) is 15.7. The fraction of sp³-hybridized carbons (Fsp3) is 0.583. The van der Waals surface area contributed by atoms with Crippen molar-refractivity contribution in [2.45, 2.75) is 13.3 Å². The molecule has 6 nitrogen and oxygen atoms in total. The molecule has 19 heavy (non-hydrogen) atoms. The molecule has 0 aromatic carbocycles. The van der Waals surface area contributed by atoms with Crippen LogP contribution in [0.25, 0.3) is 0 Å². The molecule has 0 saturated carbocycles. The summed E-state index contributed by atoms with van der Waals surface area (Å²) in [7, 11) is 3.97. The van der Waals surface area contributed by atoms with Gasteiger partial charge in [-0.1, -0.05) is 18.5 Å². The molecule has 1 rings (SSSR count). The number of halogens is 1. The van der Waals surface area contributed by atoms with Crippen molar-refractivity contribution < 1.29 is 4.92 Å². The first-order chi connectivity index (χ1) is 8.93. The van der Waals surface area contributed by atoms with Crippen molar-refractivity contribution in [3.8, 4) is 0 Å². The fourth-order valence-corrected chi connectivity index (χ4v) is 1.87. The third-order valence-corrected chi connectivity index (χ3v) is 2.80. The minimum Gasteiger partial charge on any atom is -0.355 e. The van der Waals surface area contributed by atoms with Crippen molar-refractivity contribution in [3.05, 3.63) is 27.4 Å². The molecule has 0 bridgehead atoms. The molecule has 0 fully saturated rings. The normalized spacial score (nSPS) is 10.8. The predicted octanol–water partition coefficient (Wildman–Crippen LogP) is 2.42. The second-order valence-corrected chi connectivity index (χ2v) is 4.94. The topological polar surface area (TPSA) is 62.5 Å². The lowest BCUT2D eigenvalue weighted by Crippen LogP contribution is -2.33. The lowest BCUT2D eigenvalue weighted by atomic mass is 10.3. The van der Waals surface area contributed by atoms with E-state index in [1.165, 1.54) is 12.1 Å². The van der Waals surface area contributed by atoms with E-state index in [1.807, 2.05) is 19.0 Å². The molecule has 1 aromatic heterocycles. The number of nitrogens with zero attached hydrogens (tertiary/aromatic N) is 4. The third kappa shape index (κ3) is 5.00. The van der Waals surface area contributed by atoms with E-state index < -0.39 is 4.92 Å². The Labute approximate surface area is 118 Å². The summed E-state index contributed by atoms with van der Waals surface area (Å²) in [6.07, 6.45) is 0.940. The van der Waals surface area contributed by atoms with Crippen LogP contribution in [0.1, 0.15) is 13.3 Å². The average Bonchev–Trinajstić information content (AvgIpc) is 2.33. The number of rotatable bonds is 7. The van der Waals surface area contributed by atoms with Crippen LogP contribution in [-0.4, -0.2) is 48.5 Å². The molecule has 1 aromatic rings. The summed E-state index contributed by atoms with van der Waals surface area (Å²) in [5.41, 5.74) is -0.0269. The van der Waals surface area contributed by atoms with Gasteiger partial charge in [0.25, 0.3) is 5.69 Å². The number of aromatic nitrogens is 1. The number of nitro groups is 1. The zero-order valence-corrected chi connectivity index (χ0v) is 12.2. The summed E-state index contributed by atoms with van der Waals surface area (Å²) in [5.74, 6) is 0.558. The Morgan fingerprint density at radius 2 is 2.00 bits per heavy atom. The van der Waals surface area contributed by atoms with Crippen molar-refractivity contribution in [2.24, 2.45) is 0 Å². The monoisotopic (exact) mass is 286 g/mol. The highest BCUT2D eigenvalue weighted by molar-refractivity contribution is 6.29. The standard InChI is InChI=1S/C12H19ClN4O2/c1-4-5-16(7-6-15(2)3)12-9-10(17(18)19)8-11(13)14-12/h8-9H,4-7H2,1-3H3. The Balaban J connectivity index is 2.97. The zero-order chi connectivity index (χ0) is 14.4. The van der Waals surface area contributed by atoms with Gasteiger partial charge in [0.2, 0.25) is 0 Å². The summed E-state index contributed by atoms with van der Waals surface area (Å²) in [6.45, 7) is 4.45. The van der Waals surface area contributed by atoms with Crippen molar-refractivity contribution in [3.63, 3.8) is 0 Å². The molecule has 0 spiro atoms. The molecule has 0 aliphatic heterocycles. The second-order valence-electron chi connectivity index (χ2n) is 4.55. The molecule has 0 amide bonds. The van der Waals surface area contributed by atoms with Gasteiger partial charge < -0.3 is 9.80 Å². The smallest absolute Gasteiger partial charge is 0.276 e. The Kier molecular flexibility index (Phi) is 5.98. The van der Waals surface area contributed by atoms with Gasteiger partial charge in [-0.2, -0.15) is 0 Å². The van der Waals surface area contributed by atoms with E-state index in [2.05, 4.69) is 16.8 Å². The summed E-state index contributed by atoms with van der Waals surface area (Å²) in [5, 5.41) is 11.0. The Bertz CT molecular complexity index is 440. The minimum absolute atomic E-state index is 0.0269. The van der Waals surface area contributed by atoms with Gasteiger partial charge in [-0.05, 0) is 20.5 Å². The van der Waals surface area contributed by atoms with E-state index in [0.29, 0.717) is 5.82 Å². The molecule has 0 unspecified atom stereocenters. The highest BCUT2D eigenvalue weighted by Gasteiger charge is 2.15. The fourth-order valence-electron chi connectivity index (χ4n) is 1.67. The lowest BCUT2D eigenvalue weighted by Gasteiger charge is -2.24. The number of hydrogen-bond donors (Lipinski definition) is 0. The van der Waals surface area contributed by atoms with E-state index in [0.717, 1.165) is 26.1 Å². The van der Waals surface area contributed by atoms with Gasteiger partial charge in [-0.25, -0.2) is 4.98 Å². The number of likely N-dealkylation sites (N-methyl/N-ethyl adjacent to an activating group) is 1. The van der Waals surface area contributed by atoms with Gasteiger partial charge in [-0.3, -0.25) is 10.1 Å². The third-order valence-electron chi connectivity index (χ3n) is 2.61. The number of pyridine rings is 1. The van der Waals surface area contributed by atoms with E-state index in [1.54, 1.807) is 0 Å². The maximum absolute atomic E-state index is 10.8. The molecule has 0 atom stereocenters. The van der Waals surface area contributed by atoms with Crippen molar-refractivity contribution in [2.75, 3.05) is 38.6 Å². The van der Waals surface area contributed by atoms with E-state index in [9.17, 15) is 10.1 Å². The largest absolute Gasteiger partial charge is 0.355 e. The Morgan fingerprint density at radius 1 is 1.32 bits per heavy atom. The van der Waals surface area contributed by atoms with Gasteiger partial charge >= 0.3 is 0 Å². The highest BCUT2D eigenvalue weighted by Crippen LogP contribution is 2.23.